The molecular weight excluding hydrogens is 262 g/mol. The number of amides is 1. The van der Waals surface area contributed by atoms with Crippen LogP contribution in [-0.2, 0) is 5.92 Å². The Hall–Kier alpha value is -2.30. The molecule has 3 nitrogen and oxygen atoms in total. The van der Waals surface area contributed by atoms with Gasteiger partial charge < -0.3 is 5.32 Å². The van der Waals surface area contributed by atoms with Gasteiger partial charge in [-0.25, -0.2) is 8.78 Å². The number of aromatic nitrogens is 1. The summed E-state index contributed by atoms with van der Waals surface area (Å²) >= 11 is 0. The third-order valence-electron chi connectivity index (χ3n) is 2.80. The van der Waals surface area contributed by atoms with Gasteiger partial charge in [0.05, 0.1) is 5.56 Å². The van der Waals surface area contributed by atoms with E-state index in [1.165, 1.54) is 24.4 Å². The summed E-state index contributed by atoms with van der Waals surface area (Å²) in [6.07, 6.45) is 1.45. The highest BCUT2D eigenvalue weighted by Gasteiger charge is 2.24. The van der Waals surface area contributed by atoms with Gasteiger partial charge in [-0.1, -0.05) is 12.1 Å². The van der Waals surface area contributed by atoms with Gasteiger partial charge in [-0.05, 0) is 31.2 Å². The monoisotopic (exact) mass is 276 g/mol. The Labute approximate surface area is 115 Å². The molecule has 1 amide bonds. The maximum absolute atomic E-state index is 13.2. The highest BCUT2D eigenvalue weighted by molar-refractivity contribution is 6.04. The van der Waals surface area contributed by atoms with Crippen molar-refractivity contribution in [2.24, 2.45) is 0 Å². The summed E-state index contributed by atoms with van der Waals surface area (Å²) in [4.78, 5) is 16.0. The van der Waals surface area contributed by atoms with Crippen LogP contribution in [0.1, 0.15) is 28.5 Å². The van der Waals surface area contributed by atoms with Crippen LogP contribution >= 0.6 is 0 Å². The van der Waals surface area contributed by atoms with E-state index >= 15 is 0 Å². The van der Waals surface area contributed by atoms with Crippen molar-refractivity contribution in [3.63, 3.8) is 0 Å². The number of aryl methyl sites for hydroxylation is 1. The zero-order chi connectivity index (χ0) is 14.8. The Morgan fingerprint density at radius 1 is 1.25 bits per heavy atom. The predicted molar refractivity (Wildman–Crippen MR) is 72.9 cm³/mol. The fraction of sp³-hybridized carbons (Fsp3) is 0.200. The quantitative estimate of drug-likeness (QED) is 0.927. The lowest BCUT2D eigenvalue weighted by Gasteiger charge is -2.12. The van der Waals surface area contributed by atoms with Gasteiger partial charge in [-0.3, -0.25) is 9.78 Å². The van der Waals surface area contributed by atoms with Crippen LogP contribution in [0.3, 0.4) is 0 Å². The number of carbonyl (C=O) groups excluding carboxylic acids is 1. The number of carbonyl (C=O) groups is 1. The largest absolute Gasteiger partial charge is 0.322 e. The molecule has 0 spiro atoms. The molecule has 0 aliphatic carbocycles. The average molecular weight is 276 g/mol. The van der Waals surface area contributed by atoms with Crippen LogP contribution in [-0.4, -0.2) is 10.9 Å². The molecular formula is C15H14F2N2O. The lowest BCUT2D eigenvalue weighted by atomic mass is 10.1. The molecule has 0 saturated carbocycles. The maximum atomic E-state index is 13.2. The van der Waals surface area contributed by atoms with Gasteiger partial charge in [-0.15, -0.1) is 0 Å². The molecule has 1 aromatic heterocycles. The second-order valence-corrected chi connectivity index (χ2v) is 4.61. The first-order valence-corrected chi connectivity index (χ1v) is 6.08. The smallest absolute Gasteiger partial charge is 0.270 e. The molecule has 0 fully saturated rings. The van der Waals surface area contributed by atoms with Crippen LogP contribution < -0.4 is 5.32 Å². The number of nitrogens with zero attached hydrogens (tertiary/aromatic N) is 1. The molecule has 20 heavy (non-hydrogen) atoms. The Kier molecular flexibility index (Phi) is 3.79. The molecule has 2 rings (SSSR count). The molecule has 2 aromatic rings. The zero-order valence-electron chi connectivity index (χ0n) is 11.2. The van der Waals surface area contributed by atoms with Crippen LogP contribution in [0.4, 0.5) is 14.5 Å². The summed E-state index contributed by atoms with van der Waals surface area (Å²) in [5.41, 5.74) is 1.37. The number of alkyl halides is 2. The molecule has 0 saturated heterocycles. The molecule has 5 heteroatoms. The number of rotatable bonds is 3. The maximum Gasteiger partial charge on any atom is 0.270 e. The van der Waals surface area contributed by atoms with Crippen molar-refractivity contribution in [1.82, 2.24) is 4.98 Å². The van der Waals surface area contributed by atoms with Gasteiger partial charge in [0.25, 0.3) is 11.8 Å². The minimum atomic E-state index is -2.94. The third-order valence-corrected chi connectivity index (χ3v) is 2.80. The molecule has 1 N–H and O–H groups in total. The van der Waals surface area contributed by atoms with E-state index < -0.39 is 5.92 Å². The van der Waals surface area contributed by atoms with E-state index in [9.17, 15) is 13.6 Å². The summed E-state index contributed by atoms with van der Waals surface area (Å²) in [6.45, 7) is 2.63. The lowest BCUT2D eigenvalue weighted by Crippen LogP contribution is -2.13. The van der Waals surface area contributed by atoms with E-state index in [0.717, 1.165) is 12.6 Å². The second kappa shape index (κ2) is 5.36. The number of pyridine rings is 1. The number of anilines is 1. The Morgan fingerprint density at radius 3 is 2.60 bits per heavy atom. The first-order chi connectivity index (χ1) is 9.36. The minimum Gasteiger partial charge on any atom is -0.322 e. The zero-order valence-corrected chi connectivity index (χ0v) is 11.2. The molecule has 1 aromatic carbocycles. The number of hydrogen-bond donors (Lipinski definition) is 1. The van der Waals surface area contributed by atoms with Crippen LogP contribution in [0.15, 0.2) is 42.6 Å². The SMILES string of the molecule is Cc1ccc(C(=O)Nc2cccc(C(C)(F)F)c2)cn1. The van der Waals surface area contributed by atoms with E-state index in [1.54, 1.807) is 18.2 Å². The van der Waals surface area contributed by atoms with Crippen molar-refractivity contribution < 1.29 is 13.6 Å². The van der Waals surface area contributed by atoms with Crippen LogP contribution in [0.25, 0.3) is 0 Å². The number of benzene rings is 1. The second-order valence-electron chi connectivity index (χ2n) is 4.61. The van der Waals surface area contributed by atoms with Crippen molar-refractivity contribution >= 4 is 11.6 Å². The predicted octanol–water partition coefficient (Wildman–Crippen LogP) is 3.75. The molecule has 0 aliphatic rings. The van der Waals surface area contributed by atoms with Crippen molar-refractivity contribution in [3.05, 3.63) is 59.4 Å². The molecule has 104 valence electrons. The first kappa shape index (κ1) is 14.1. The fourth-order valence-corrected chi connectivity index (χ4v) is 1.68. The molecule has 0 atom stereocenters. The summed E-state index contributed by atoms with van der Waals surface area (Å²) in [5, 5.41) is 2.58. The highest BCUT2D eigenvalue weighted by atomic mass is 19.3. The van der Waals surface area contributed by atoms with Crippen molar-refractivity contribution in [2.75, 3.05) is 5.32 Å². The summed E-state index contributed by atoms with van der Waals surface area (Å²) in [6, 6.07) is 8.98. The van der Waals surface area contributed by atoms with E-state index in [2.05, 4.69) is 10.3 Å². The first-order valence-electron chi connectivity index (χ1n) is 6.08. The highest BCUT2D eigenvalue weighted by Crippen LogP contribution is 2.28. The van der Waals surface area contributed by atoms with Crippen molar-refractivity contribution in [1.29, 1.82) is 0 Å². The summed E-state index contributed by atoms with van der Waals surface area (Å²) in [7, 11) is 0. The summed E-state index contributed by atoms with van der Waals surface area (Å²) < 4.78 is 26.4. The van der Waals surface area contributed by atoms with Crippen molar-refractivity contribution in [3.8, 4) is 0 Å². The average Bonchev–Trinajstić information content (AvgIpc) is 2.38. The molecule has 0 aliphatic heterocycles. The Balaban J connectivity index is 2.18. The topological polar surface area (TPSA) is 42.0 Å². The van der Waals surface area contributed by atoms with Gasteiger partial charge >= 0.3 is 0 Å². The summed E-state index contributed by atoms with van der Waals surface area (Å²) in [5.74, 6) is -3.32. The van der Waals surface area contributed by atoms with E-state index in [0.29, 0.717) is 11.3 Å². The standard InChI is InChI=1S/C15H14F2N2O/c1-10-6-7-11(9-18-10)14(20)19-13-5-3-4-12(8-13)15(2,16)17/h3-9H,1-2H3,(H,19,20). The third kappa shape index (κ3) is 3.38. The Bertz CT molecular complexity index is 619. The van der Waals surface area contributed by atoms with E-state index in [1.807, 2.05) is 6.92 Å². The lowest BCUT2D eigenvalue weighted by molar-refractivity contribution is 0.0175. The number of halogens is 2. The van der Waals surface area contributed by atoms with Crippen molar-refractivity contribution in [2.45, 2.75) is 19.8 Å². The molecule has 0 radical (unpaired) electrons. The minimum absolute atomic E-state index is 0.141. The molecule has 0 unspecified atom stereocenters. The fourth-order valence-electron chi connectivity index (χ4n) is 1.68. The number of hydrogen-bond acceptors (Lipinski definition) is 2. The van der Waals surface area contributed by atoms with Gasteiger partial charge in [0.1, 0.15) is 0 Å². The van der Waals surface area contributed by atoms with Gasteiger partial charge in [0.15, 0.2) is 0 Å². The normalized spacial score (nSPS) is 11.2. The van der Waals surface area contributed by atoms with Crippen LogP contribution in [0.2, 0.25) is 0 Å². The number of nitrogens with one attached hydrogen (secondary N) is 1. The van der Waals surface area contributed by atoms with Crippen LogP contribution in [0.5, 0.6) is 0 Å². The van der Waals surface area contributed by atoms with E-state index in [4.69, 9.17) is 0 Å². The molecule has 1 heterocycles. The molecule has 0 bridgehead atoms. The van der Waals surface area contributed by atoms with Gasteiger partial charge in [0, 0.05) is 30.1 Å². The van der Waals surface area contributed by atoms with Crippen LogP contribution in [0, 0.1) is 6.92 Å². The van der Waals surface area contributed by atoms with E-state index in [-0.39, 0.29) is 11.5 Å². The van der Waals surface area contributed by atoms with Gasteiger partial charge in [0.2, 0.25) is 0 Å². The van der Waals surface area contributed by atoms with Gasteiger partial charge in [-0.2, -0.15) is 0 Å². The Morgan fingerprint density at radius 2 is 2.00 bits per heavy atom.